The molecule has 0 saturated heterocycles. The summed E-state index contributed by atoms with van der Waals surface area (Å²) in [6.07, 6.45) is -0.542. The van der Waals surface area contributed by atoms with Gasteiger partial charge in [-0.25, -0.2) is 0 Å². The van der Waals surface area contributed by atoms with Gasteiger partial charge in [0.25, 0.3) is 0 Å². The molecule has 6 nitrogen and oxygen atoms in total. The molecule has 0 bridgehead atoms. The van der Waals surface area contributed by atoms with Crippen molar-refractivity contribution in [2.24, 2.45) is 5.16 Å². The van der Waals surface area contributed by atoms with Gasteiger partial charge in [0.2, 0.25) is 0 Å². The summed E-state index contributed by atoms with van der Waals surface area (Å²) < 4.78 is 23.1. The van der Waals surface area contributed by atoms with Crippen molar-refractivity contribution in [2.45, 2.75) is 52.0 Å². The third-order valence-corrected chi connectivity index (χ3v) is 5.31. The zero-order valence-electron chi connectivity index (χ0n) is 11.3. The van der Waals surface area contributed by atoms with Gasteiger partial charge in [-0.1, -0.05) is 5.16 Å². The first-order valence-electron chi connectivity index (χ1n) is 6.24. The van der Waals surface area contributed by atoms with Crippen LogP contribution in [0.5, 0.6) is 0 Å². The van der Waals surface area contributed by atoms with Crippen LogP contribution in [-0.2, 0) is 18.5 Å². The van der Waals surface area contributed by atoms with E-state index in [0.29, 0.717) is 25.3 Å². The molecule has 106 valence electrons. The van der Waals surface area contributed by atoms with Crippen LogP contribution in [0.15, 0.2) is 5.16 Å². The van der Waals surface area contributed by atoms with E-state index in [9.17, 15) is 9.67 Å². The van der Waals surface area contributed by atoms with Crippen LogP contribution in [0.4, 0.5) is 0 Å². The molecule has 7 heteroatoms. The summed E-state index contributed by atoms with van der Waals surface area (Å²) in [4.78, 5) is 5.11. The molecule has 1 heterocycles. The Hall–Kier alpha value is -0.420. The lowest BCUT2D eigenvalue weighted by Crippen LogP contribution is -2.26. The van der Waals surface area contributed by atoms with Gasteiger partial charge < -0.3 is 19.0 Å². The number of aliphatic hydroxyl groups is 1. The lowest BCUT2D eigenvalue weighted by Gasteiger charge is -2.22. The maximum Gasteiger partial charge on any atom is 0.339 e. The molecule has 0 spiro atoms. The van der Waals surface area contributed by atoms with E-state index in [2.05, 4.69) is 5.16 Å². The number of hydrogen-bond acceptors (Lipinski definition) is 6. The predicted molar refractivity (Wildman–Crippen MR) is 68.9 cm³/mol. The quantitative estimate of drug-likeness (QED) is 0.723. The van der Waals surface area contributed by atoms with Crippen molar-refractivity contribution in [3.05, 3.63) is 0 Å². The van der Waals surface area contributed by atoms with Crippen molar-refractivity contribution in [3.8, 4) is 0 Å². The molecule has 1 N–H and O–H groups in total. The first-order chi connectivity index (χ1) is 8.44. The van der Waals surface area contributed by atoms with Crippen LogP contribution >= 0.6 is 7.60 Å². The molecule has 0 aliphatic carbocycles. The maximum atomic E-state index is 12.5. The fourth-order valence-electron chi connectivity index (χ4n) is 1.72. The topological polar surface area (TPSA) is 77.4 Å². The Morgan fingerprint density at radius 1 is 1.44 bits per heavy atom. The third kappa shape index (κ3) is 3.54. The molecule has 3 atom stereocenters. The fourth-order valence-corrected chi connectivity index (χ4v) is 3.48. The SMILES string of the molecule is CCOP(=O)(OCC)C(C)C1=NO[C@@H]([C@@H](C)O)C1. The van der Waals surface area contributed by atoms with Gasteiger partial charge in [0.05, 0.1) is 25.0 Å². The molecule has 0 fully saturated rings. The van der Waals surface area contributed by atoms with E-state index in [1.807, 2.05) is 0 Å². The lowest BCUT2D eigenvalue weighted by molar-refractivity contribution is -0.00780. The highest BCUT2D eigenvalue weighted by atomic mass is 31.2. The Bertz CT molecular complexity index is 334. The summed E-state index contributed by atoms with van der Waals surface area (Å²) in [5, 5.41) is 13.3. The van der Waals surface area contributed by atoms with Crippen molar-refractivity contribution < 1.29 is 23.6 Å². The van der Waals surface area contributed by atoms with Gasteiger partial charge in [-0.2, -0.15) is 0 Å². The molecular formula is C11H22NO5P. The van der Waals surface area contributed by atoms with E-state index in [1.165, 1.54) is 0 Å². The van der Waals surface area contributed by atoms with E-state index in [4.69, 9.17) is 13.9 Å². The largest absolute Gasteiger partial charge is 0.389 e. The van der Waals surface area contributed by atoms with Crippen LogP contribution in [-0.4, -0.2) is 41.9 Å². The van der Waals surface area contributed by atoms with Crippen LogP contribution in [0.2, 0.25) is 0 Å². The van der Waals surface area contributed by atoms with Crippen molar-refractivity contribution in [1.82, 2.24) is 0 Å². The maximum absolute atomic E-state index is 12.5. The summed E-state index contributed by atoms with van der Waals surface area (Å²) in [6, 6.07) is 0. The Morgan fingerprint density at radius 2 is 2.00 bits per heavy atom. The molecule has 18 heavy (non-hydrogen) atoms. The number of hydrogen-bond donors (Lipinski definition) is 1. The summed E-state index contributed by atoms with van der Waals surface area (Å²) in [5.74, 6) is 0. The van der Waals surface area contributed by atoms with Crippen LogP contribution in [0, 0.1) is 0 Å². The zero-order chi connectivity index (χ0) is 13.8. The van der Waals surface area contributed by atoms with Gasteiger partial charge in [0, 0.05) is 6.42 Å². The number of oxime groups is 1. The average molecular weight is 279 g/mol. The second kappa shape index (κ2) is 6.66. The van der Waals surface area contributed by atoms with Crippen LogP contribution in [0.1, 0.15) is 34.1 Å². The van der Waals surface area contributed by atoms with E-state index in [0.717, 1.165) is 0 Å². The normalized spacial score (nSPS) is 23.4. The highest BCUT2D eigenvalue weighted by Gasteiger charge is 2.40. The smallest absolute Gasteiger partial charge is 0.339 e. The van der Waals surface area contributed by atoms with Crippen molar-refractivity contribution in [1.29, 1.82) is 0 Å². The van der Waals surface area contributed by atoms with Gasteiger partial charge in [0.1, 0.15) is 5.66 Å². The molecule has 0 aromatic rings. The van der Waals surface area contributed by atoms with Crippen molar-refractivity contribution in [2.75, 3.05) is 13.2 Å². The first-order valence-corrected chi connectivity index (χ1v) is 7.85. The zero-order valence-corrected chi connectivity index (χ0v) is 12.2. The second-order valence-corrected chi connectivity index (χ2v) is 6.59. The standard InChI is InChI=1S/C11H22NO5P/c1-5-15-18(14,16-6-2)9(4)10-7-11(8(3)13)17-12-10/h8-9,11,13H,5-7H2,1-4H3/t8-,9?,11-/m1/s1. The molecule has 1 rings (SSSR count). The van der Waals surface area contributed by atoms with Gasteiger partial charge in [-0.05, 0) is 27.7 Å². The molecule has 0 aromatic carbocycles. The minimum atomic E-state index is -3.21. The first kappa shape index (κ1) is 15.6. The van der Waals surface area contributed by atoms with E-state index >= 15 is 0 Å². The highest BCUT2D eigenvalue weighted by molar-refractivity contribution is 7.55. The van der Waals surface area contributed by atoms with Crippen LogP contribution < -0.4 is 0 Å². The van der Waals surface area contributed by atoms with E-state index in [1.54, 1.807) is 27.7 Å². The van der Waals surface area contributed by atoms with Gasteiger partial charge in [0.15, 0.2) is 6.10 Å². The minimum Gasteiger partial charge on any atom is -0.389 e. The van der Waals surface area contributed by atoms with Crippen molar-refractivity contribution >= 4 is 13.3 Å². The molecule has 0 radical (unpaired) electrons. The van der Waals surface area contributed by atoms with Gasteiger partial charge in [-0.3, -0.25) is 4.57 Å². The minimum absolute atomic E-state index is 0.315. The molecule has 0 aromatic heterocycles. The highest BCUT2D eigenvalue weighted by Crippen LogP contribution is 2.54. The van der Waals surface area contributed by atoms with Gasteiger partial charge in [-0.15, -0.1) is 0 Å². The van der Waals surface area contributed by atoms with Gasteiger partial charge >= 0.3 is 7.60 Å². The molecule has 0 saturated carbocycles. The molecule has 1 aliphatic heterocycles. The van der Waals surface area contributed by atoms with E-state index < -0.39 is 19.4 Å². The molecule has 1 unspecified atom stereocenters. The Morgan fingerprint density at radius 3 is 2.39 bits per heavy atom. The molecule has 1 aliphatic rings. The summed E-state index contributed by atoms with van der Waals surface area (Å²) >= 11 is 0. The molecule has 0 amide bonds. The Kier molecular flexibility index (Phi) is 5.79. The van der Waals surface area contributed by atoms with E-state index in [-0.39, 0.29) is 6.10 Å². The Balaban J connectivity index is 2.73. The van der Waals surface area contributed by atoms with Crippen molar-refractivity contribution in [3.63, 3.8) is 0 Å². The predicted octanol–water partition coefficient (Wildman–Crippen LogP) is 2.17. The monoisotopic (exact) mass is 279 g/mol. The third-order valence-electron chi connectivity index (χ3n) is 2.83. The summed E-state index contributed by atoms with van der Waals surface area (Å²) in [7, 11) is -3.21. The number of nitrogens with zero attached hydrogens (tertiary/aromatic N) is 1. The lowest BCUT2D eigenvalue weighted by atomic mass is 10.1. The summed E-state index contributed by atoms with van der Waals surface area (Å²) in [6.45, 7) is 7.55. The fraction of sp³-hybridized carbons (Fsp3) is 0.909. The van der Waals surface area contributed by atoms with Crippen LogP contribution in [0.25, 0.3) is 0 Å². The number of rotatable bonds is 7. The molecular weight excluding hydrogens is 257 g/mol. The Labute approximate surface area is 108 Å². The average Bonchev–Trinajstić information content (AvgIpc) is 2.77. The van der Waals surface area contributed by atoms with Crippen LogP contribution in [0.3, 0.4) is 0 Å². The second-order valence-electron chi connectivity index (χ2n) is 4.22. The number of aliphatic hydroxyl groups excluding tert-OH is 1. The summed E-state index contributed by atoms with van der Waals surface area (Å²) in [5.41, 5.74) is 0.160.